The summed E-state index contributed by atoms with van der Waals surface area (Å²) in [6, 6.07) is 4.14. The molecule has 0 bridgehead atoms. The Kier molecular flexibility index (Phi) is 2.68. The Hall–Kier alpha value is -1.09. The van der Waals surface area contributed by atoms with Crippen molar-refractivity contribution in [3.63, 3.8) is 0 Å². The van der Waals surface area contributed by atoms with Crippen molar-refractivity contribution in [2.45, 2.75) is 25.9 Å². The number of rotatable bonds is 2. The van der Waals surface area contributed by atoms with Gasteiger partial charge in [0.25, 0.3) is 0 Å². The van der Waals surface area contributed by atoms with E-state index in [4.69, 9.17) is 0 Å². The molecule has 1 aliphatic rings. The molecule has 1 fully saturated rings. The van der Waals surface area contributed by atoms with Crippen LogP contribution in [-0.4, -0.2) is 29.3 Å². The Balaban J connectivity index is 2.09. The van der Waals surface area contributed by atoms with Crippen molar-refractivity contribution in [2.75, 3.05) is 18.0 Å². The van der Waals surface area contributed by atoms with E-state index in [-0.39, 0.29) is 6.10 Å². The molecule has 1 unspecified atom stereocenters. The maximum atomic E-state index is 9.40. The zero-order valence-electron chi connectivity index (χ0n) is 8.48. The minimum absolute atomic E-state index is 0.166. The maximum absolute atomic E-state index is 9.40. The predicted molar refractivity (Wildman–Crippen MR) is 56.5 cm³/mol. The van der Waals surface area contributed by atoms with Gasteiger partial charge in [-0.3, -0.25) is 4.98 Å². The fourth-order valence-electron chi connectivity index (χ4n) is 1.79. The summed E-state index contributed by atoms with van der Waals surface area (Å²) in [5.41, 5.74) is 2.24. The van der Waals surface area contributed by atoms with Crippen LogP contribution in [0, 0.1) is 0 Å². The smallest absolute Gasteiger partial charge is 0.0731 e. The Morgan fingerprint density at radius 3 is 2.93 bits per heavy atom. The molecular formula is C11H16N2O. The molecule has 2 rings (SSSR count). The molecule has 1 saturated heterocycles. The summed E-state index contributed by atoms with van der Waals surface area (Å²) < 4.78 is 0. The Morgan fingerprint density at radius 1 is 1.57 bits per heavy atom. The number of hydrogen-bond acceptors (Lipinski definition) is 3. The summed E-state index contributed by atoms with van der Waals surface area (Å²) in [4.78, 5) is 6.52. The molecule has 76 valence electrons. The summed E-state index contributed by atoms with van der Waals surface area (Å²) in [6.07, 6.45) is 3.58. The maximum Gasteiger partial charge on any atom is 0.0731 e. The lowest BCUT2D eigenvalue weighted by atomic mass is 10.3. The van der Waals surface area contributed by atoms with E-state index in [1.165, 1.54) is 0 Å². The Labute approximate surface area is 84.4 Å². The normalized spacial score (nSPS) is 21.6. The molecule has 0 amide bonds. The van der Waals surface area contributed by atoms with Gasteiger partial charge < -0.3 is 10.0 Å². The Morgan fingerprint density at radius 2 is 2.43 bits per heavy atom. The van der Waals surface area contributed by atoms with Crippen LogP contribution in [0.2, 0.25) is 0 Å². The van der Waals surface area contributed by atoms with Crippen molar-refractivity contribution in [3.8, 4) is 0 Å². The van der Waals surface area contributed by atoms with E-state index >= 15 is 0 Å². The summed E-state index contributed by atoms with van der Waals surface area (Å²) >= 11 is 0. The van der Waals surface area contributed by atoms with Gasteiger partial charge >= 0.3 is 0 Å². The first kappa shape index (κ1) is 9.46. The quantitative estimate of drug-likeness (QED) is 0.765. The summed E-state index contributed by atoms with van der Waals surface area (Å²) in [5, 5.41) is 9.40. The summed E-state index contributed by atoms with van der Waals surface area (Å²) in [5.74, 6) is 0. The van der Waals surface area contributed by atoms with Crippen molar-refractivity contribution >= 4 is 5.69 Å². The predicted octanol–water partition coefficient (Wildman–Crippen LogP) is 1.21. The van der Waals surface area contributed by atoms with Gasteiger partial charge in [-0.2, -0.15) is 0 Å². The van der Waals surface area contributed by atoms with Crippen LogP contribution in [0.4, 0.5) is 5.69 Å². The fourth-order valence-corrected chi connectivity index (χ4v) is 1.79. The van der Waals surface area contributed by atoms with Gasteiger partial charge in [-0.15, -0.1) is 0 Å². The highest BCUT2D eigenvalue weighted by Crippen LogP contribution is 2.19. The third kappa shape index (κ3) is 1.87. The monoisotopic (exact) mass is 192 g/mol. The number of aromatic nitrogens is 1. The average molecular weight is 192 g/mol. The second kappa shape index (κ2) is 3.96. The van der Waals surface area contributed by atoms with Crippen molar-refractivity contribution < 1.29 is 5.11 Å². The Bertz CT molecular complexity index is 297. The van der Waals surface area contributed by atoms with Crippen LogP contribution in [-0.2, 0) is 6.42 Å². The van der Waals surface area contributed by atoms with E-state index in [9.17, 15) is 5.11 Å². The topological polar surface area (TPSA) is 36.4 Å². The number of hydrogen-bond donors (Lipinski definition) is 1. The lowest BCUT2D eigenvalue weighted by Gasteiger charge is -2.17. The van der Waals surface area contributed by atoms with Gasteiger partial charge in [-0.05, 0) is 25.0 Å². The number of β-amino-alcohol motifs (C(OH)–C–C–N with tert-alkyl or cyclic N) is 1. The SMILES string of the molecule is CCc1ccc(N2CCC(O)C2)cn1. The number of aliphatic hydroxyl groups excluding tert-OH is 1. The zero-order valence-corrected chi connectivity index (χ0v) is 8.48. The zero-order chi connectivity index (χ0) is 9.97. The molecule has 2 heterocycles. The molecule has 0 radical (unpaired) electrons. The van der Waals surface area contributed by atoms with Crippen LogP contribution < -0.4 is 4.90 Å². The van der Waals surface area contributed by atoms with Crippen LogP contribution in [0.3, 0.4) is 0 Å². The third-order valence-electron chi connectivity index (χ3n) is 2.70. The first-order valence-corrected chi connectivity index (χ1v) is 5.17. The number of aryl methyl sites for hydroxylation is 1. The van der Waals surface area contributed by atoms with Crippen molar-refractivity contribution in [3.05, 3.63) is 24.0 Å². The van der Waals surface area contributed by atoms with Crippen LogP contribution in [0.15, 0.2) is 18.3 Å². The first-order valence-electron chi connectivity index (χ1n) is 5.17. The van der Waals surface area contributed by atoms with Gasteiger partial charge in [-0.1, -0.05) is 6.92 Å². The minimum atomic E-state index is -0.166. The largest absolute Gasteiger partial charge is 0.391 e. The van der Waals surface area contributed by atoms with E-state index in [2.05, 4.69) is 28.9 Å². The molecule has 0 spiro atoms. The van der Waals surface area contributed by atoms with Gasteiger partial charge in [0.1, 0.15) is 0 Å². The fraction of sp³-hybridized carbons (Fsp3) is 0.545. The second-order valence-corrected chi connectivity index (χ2v) is 3.75. The lowest BCUT2D eigenvalue weighted by molar-refractivity contribution is 0.198. The summed E-state index contributed by atoms with van der Waals surface area (Å²) in [6.45, 7) is 3.78. The van der Waals surface area contributed by atoms with Crippen LogP contribution in [0.1, 0.15) is 19.0 Å². The molecule has 0 aromatic carbocycles. The van der Waals surface area contributed by atoms with Gasteiger partial charge in [0, 0.05) is 18.8 Å². The van der Waals surface area contributed by atoms with Crippen molar-refractivity contribution in [2.24, 2.45) is 0 Å². The third-order valence-corrected chi connectivity index (χ3v) is 2.70. The molecule has 3 heteroatoms. The second-order valence-electron chi connectivity index (χ2n) is 3.75. The standard InChI is InChI=1S/C11H16N2O/c1-2-9-3-4-10(7-12-9)13-6-5-11(14)8-13/h3-4,7,11,14H,2,5-6,8H2,1H3. The number of anilines is 1. The molecular weight excluding hydrogens is 176 g/mol. The highest BCUT2D eigenvalue weighted by atomic mass is 16.3. The van der Waals surface area contributed by atoms with Gasteiger partial charge in [0.15, 0.2) is 0 Å². The summed E-state index contributed by atoms with van der Waals surface area (Å²) in [7, 11) is 0. The minimum Gasteiger partial charge on any atom is -0.391 e. The highest BCUT2D eigenvalue weighted by molar-refractivity contribution is 5.45. The van der Waals surface area contributed by atoms with Crippen molar-refractivity contribution in [1.29, 1.82) is 0 Å². The van der Waals surface area contributed by atoms with Crippen LogP contribution >= 0.6 is 0 Å². The van der Waals surface area contributed by atoms with E-state index in [0.717, 1.165) is 37.3 Å². The molecule has 0 aliphatic carbocycles. The van der Waals surface area contributed by atoms with Gasteiger partial charge in [0.2, 0.25) is 0 Å². The molecule has 1 N–H and O–H groups in total. The van der Waals surface area contributed by atoms with Crippen LogP contribution in [0.5, 0.6) is 0 Å². The molecule has 1 aromatic heterocycles. The van der Waals surface area contributed by atoms with E-state index < -0.39 is 0 Å². The van der Waals surface area contributed by atoms with E-state index in [1.807, 2.05) is 6.20 Å². The molecule has 14 heavy (non-hydrogen) atoms. The molecule has 0 saturated carbocycles. The lowest BCUT2D eigenvalue weighted by Crippen LogP contribution is -2.21. The molecule has 1 aliphatic heterocycles. The van der Waals surface area contributed by atoms with Gasteiger partial charge in [-0.25, -0.2) is 0 Å². The number of nitrogens with zero attached hydrogens (tertiary/aromatic N) is 2. The van der Waals surface area contributed by atoms with E-state index in [1.54, 1.807) is 0 Å². The van der Waals surface area contributed by atoms with Gasteiger partial charge in [0.05, 0.1) is 18.0 Å². The average Bonchev–Trinajstić information content (AvgIpc) is 2.65. The number of aliphatic hydroxyl groups is 1. The van der Waals surface area contributed by atoms with Crippen molar-refractivity contribution in [1.82, 2.24) is 4.98 Å². The molecule has 1 aromatic rings. The van der Waals surface area contributed by atoms with E-state index in [0.29, 0.717) is 0 Å². The highest BCUT2D eigenvalue weighted by Gasteiger charge is 2.20. The molecule has 3 nitrogen and oxygen atoms in total. The first-order chi connectivity index (χ1) is 6.79. The van der Waals surface area contributed by atoms with Crippen LogP contribution in [0.25, 0.3) is 0 Å². The number of pyridine rings is 1. The molecule has 1 atom stereocenters.